The van der Waals surface area contributed by atoms with Crippen LogP contribution in [0.5, 0.6) is 5.75 Å². The summed E-state index contributed by atoms with van der Waals surface area (Å²) in [5, 5.41) is 5.97. The van der Waals surface area contributed by atoms with Crippen LogP contribution in [0.25, 0.3) is 0 Å². The predicted molar refractivity (Wildman–Crippen MR) is 114 cm³/mol. The van der Waals surface area contributed by atoms with Crippen molar-refractivity contribution in [3.05, 3.63) is 51.7 Å². The second-order valence-electron chi connectivity index (χ2n) is 6.84. The Morgan fingerprint density at radius 2 is 2.19 bits per heavy atom. The molecule has 0 spiro atoms. The van der Waals surface area contributed by atoms with Gasteiger partial charge in [-0.15, -0.1) is 28.3 Å². The summed E-state index contributed by atoms with van der Waals surface area (Å²) < 4.78 is 5.37. The molecule has 0 amide bonds. The van der Waals surface area contributed by atoms with E-state index in [0.29, 0.717) is 12.0 Å². The van der Waals surface area contributed by atoms with E-state index < -0.39 is 0 Å². The topological polar surface area (TPSA) is 38.3 Å². The Labute approximate surface area is 170 Å². The number of benzene rings is 1. The third-order valence-electron chi connectivity index (χ3n) is 4.93. The average molecular weight is 438 g/mol. The van der Waals surface area contributed by atoms with Crippen LogP contribution in [-0.4, -0.2) is 18.6 Å². The van der Waals surface area contributed by atoms with Crippen LogP contribution in [0, 0.1) is 0 Å². The van der Waals surface area contributed by atoms with Crippen molar-refractivity contribution in [2.45, 2.75) is 57.9 Å². The van der Waals surface area contributed by atoms with E-state index in [9.17, 15) is 4.79 Å². The van der Waals surface area contributed by atoms with Gasteiger partial charge in [0, 0.05) is 30.3 Å². The number of thiophene rings is 1. The summed E-state index contributed by atoms with van der Waals surface area (Å²) in [6, 6.07) is 11.0. The molecular weight excluding hydrogens is 410 g/mol. The quantitative estimate of drug-likeness (QED) is 0.472. The maximum Gasteiger partial charge on any atom is 0.308 e. The molecule has 1 N–H and O–H groups in total. The molecule has 142 valence electrons. The molecule has 0 bridgehead atoms. The van der Waals surface area contributed by atoms with Crippen molar-refractivity contribution in [3.63, 3.8) is 0 Å². The van der Waals surface area contributed by atoms with E-state index in [-0.39, 0.29) is 23.0 Å². The molecule has 1 aliphatic rings. The van der Waals surface area contributed by atoms with Crippen LogP contribution in [0.2, 0.25) is 0 Å². The lowest BCUT2D eigenvalue weighted by Crippen LogP contribution is -2.37. The lowest BCUT2D eigenvalue weighted by Gasteiger charge is -2.28. The highest BCUT2D eigenvalue weighted by Gasteiger charge is 2.23. The van der Waals surface area contributed by atoms with Crippen LogP contribution in [-0.2, 0) is 17.6 Å². The van der Waals surface area contributed by atoms with Crippen molar-refractivity contribution in [3.8, 4) is 5.75 Å². The number of hydrogen-bond acceptors (Lipinski definition) is 4. The number of ether oxygens (including phenoxy) is 1. The molecule has 2 atom stereocenters. The fraction of sp³-hybridized carbons (Fsp3) is 0.476. The van der Waals surface area contributed by atoms with Gasteiger partial charge in [0.1, 0.15) is 5.75 Å². The molecule has 0 fully saturated rings. The molecule has 5 heteroatoms. The molecule has 3 rings (SSSR count). The Balaban J connectivity index is 0.00000243. The molecule has 1 unspecified atom stereocenters. The Kier molecular flexibility index (Phi) is 8.32. The predicted octanol–water partition coefficient (Wildman–Crippen LogP) is 5.28. The summed E-state index contributed by atoms with van der Waals surface area (Å²) >= 11 is 1.87. The maximum atomic E-state index is 11.3. The van der Waals surface area contributed by atoms with Gasteiger partial charge in [-0.25, -0.2) is 0 Å². The Morgan fingerprint density at radius 3 is 2.88 bits per heavy atom. The van der Waals surface area contributed by atoms with E-state index in [1.165, 1.54) is 35.8 Å². The SMILES string of the molecule is Br.CCCC(CN[C@H]1CCc2c(cccc2OC(C)=O)C1)c1cccs1. The Hall–Kier alpha value is -1.17. The van der Waals surface area contributed by atoms with Crippen LogP contribution in [0.1, 0.15) is 55.0 Å². The van der Waals surface area contributed by atoms with Crippen molar-refractivity contribution in [2.75, 3.05) is 6.54 Å². The van der Waals surface area contributed by atoms with Gasteiger partial charge >= 0.3 is 5.97 Å². The number of halogens is 1. The largest absolute Gasteiger partial charge is 0.426 e. The number of nitrogens with one attached hydrogen (secondary N) is 1. The molecular formula is C21H28BrNO2S. The van der Waals surface area contributed by atoms with Crippen molar-refractivity contribution in [1.82, 2.24) is 5.32 Å². The fourth-order valence-corrected chi connectivity index (χ4v) is 4.59. The number of carbonyl (C=O) groups is 1. The second kappa shape index (κ2) is 10.2. The molecule has 1 aromatic carbocycles. The van der Waals surface area contributed by atoms with Gasteiger partial charge in [0.25, 0.3) is 0 Å². The first kappa shape index (κ1) is 21.1. The van der Waals surface area contributed by atoms with E-state index in [2.05, 4.69) is 35.8 Å². The van der Waals surface area contributed by atoms with E-state index in [1.807, 2.05) is 23.5 Å². The third kappa shape index (κ3) is 5.41. The number of fused-ring (bicyclic) bond motifs is 1. The first-order valence-electron chi connectivity index (χ1n) is 9.23. The molecule has 0 aliphatic heterocycles. The van der Waals surface area contributed by atoms with Gasteiger partial charge in [-0.1, -0.05) is 31.5 Å². The van der Waals surface area contributed by atoms with Crippen molar-refractivity contribution < 1.29 is 9.53 Å². The van der Waals surface area contributed by atoms with Gasteiger partial charge in [-0.2, -0.15) is 0 Å². The zero-order chi connectivity index (χ0) is 17.6. The summed E-state index contributed by atoms with van der Waals surface area (Å²) in [7, 11) is 0. The molecule has 26 heavy (non-hydrogen) atoms. The molecule has 1 aliphatic carbocycles. The minimum absolute atomic E-state index is 0. The first-order chi connectivity index (χ1) is 12.2. The lowest BCUT2D eigenvalue weighted by molar-refractivity contribution is -0.131. The number of rotatable bonds is 7. The average Bonchev–Trinajstić information content (AvgIpc) is 3.12. The van der Waals surface area contributed by atoms with E-state index in [0.717, 1.165) is 31.6 Å². The van der Waals surface area contributed by atoms with Gasteiger partial charge in [0.05, 0.1) is 0 Å². The smallest absolute Gasteiger partial charge is 0.308 e. The second-order valence-corrected chi connectivity index (χ2v) is 7.82. The highest BCUT2D eigenvalue weighted by Crippen LogP contribution is 2.31. The summed E-state index contributed by atoms with van der Waals surface area (Å²) in [6.07, 6.45) is 5.51. The summed E-state index contributed by atoms with van der Waals surface area (Å²) in [5.74, 6) is 1.11. The normalized spacial score (nSPS) is 17.1. The molecule has 0 saturated carbocycles. The number of hydrogen-bond donors (Lipinski definition) is 1. The number of esters is 1. The summed E-state index contributed by atoms with van der Waals surface area (Å²) in [6.45, 7) is 4.76. The molecule has 0 saturated heterocycles. The van der Waals surface area contributed by atoms with Crippen LogP contribution in [0.15, 0.2) is 35.7 Å². The Morgan fingerprint density at radius 1 is 1.35 bits per heavy atom. The van der Waals surface area contributed by atoms with Gasteiger partial charge in [0.2, 0.25) is 0 Å². The van der Waals surface area contributed by atoms with Gasteiger partial charge < -0.3 is 10.1 Å². The van der Waals surface area contributed by atoms with E-state index in [1.54, 1.807) is 0 Å². The fourth-order valence-electron chi connectivity index (χ4n) is 3.72. The maximum absolute atomic E-state index is 11.3. The van der Waals surface area contributed by atoms with Gasteiger partial charge in [-0.3, -0.25) is 4.79 Å². The summed E-state index contributed by atoms with van der Waals surface area (Å²) in [4.78, 5) is 12.8. The highest BCUT2D eigenvalue weighted by molar-refractivity contribution is 8.93. The standard InChI is InChI=1S/C21H27NO2S.BrH/c1-3-6-17(21-9-5-12-25-21)14-22-18-10-11-19-16(13-18)7-4-8-20(19)24-15(2)23;/h4-5,7-9,12,17-18,22H,3,6,10-11,13-14H2,1-2H3;1H/t17?,18-;/m0./s1. The molecule has 2 aromatic rings. The zero-order valence-corrected chi connectivity index (χ0v) is 18.0. The Bertz CT molecular complexity index is 702. The van der Waals surface area contributed by atoms with Crippen LogP contribution >= 0.6 is 28.3 Å². The summed E-state index contributed by atoms with van der Waals surface area (Å²) in [5.41, 5.74) is 2.52. The van der Waals surface area contributed by atoms with Crippen molar-refractivity contribution >= 4 is 34.3 Å². The van der Waals surface area contributed by atoms with E-state index in [4.69, 9.17) is 4.74 Å². The van der Waals surface area contributed by atoms with Crippen LogP contribution in [0.4, 0.5) is 0 Å². The molecule has 0 radical (unpaired) electrons. The molecule has 3 nitrogen and oxygen atoms in total. The van der Waals surface area contributed by atoms with Crippen molar-refractivity contribution in [2.24, 2.45) is 0 Å². The van der Waals surface area contributed by atoms with E-state index >= 15 is 0 Å². The van der Waals surface area contributed by atoms with Gasteiger partial charge in [-0.05, 0) is 54.3 Å². The minimum Gasteiger partial charge on any atom is -0.426 e. The third-order valence-corrected chi connectivity index (χ3v) is 5.96. The van der Waals surface area contributed by atoms with Crippen LogP contribution < -0.4 is 10.1 Å². The monoisotopic (exact) mass is 437 g/mol. The number of carbonyl (C=O) groups excluding carboxylic acids is 1. The van der Waals surface area contributed by atoms with Crippen molar-refractivity contribution in [1.29, 1.82) is 0 Å². The minimum atomic E-state index is -0.244. The molecule has 1 heterocycles. The van der Waals surface area contributed by atoms with Crippen LogP contribution in [0.3, 0.4) is 0 Å². The highest BCUT2D eigenvalue weighted by atomic mass is 79.9. The lowest BCUT2D eigenvalue weighted by atomic mass is 9.87. The molecule has 1 aromatic heterocycles. The zero-order valence-electron chi connectivity index (χ0n) is 15.5. The van der Waals surface area contributed by atoms with Gasteiger partial charge in [0.15, 0.2) is 0 Å². The first-order valence-corrected chi connectivity index (χ1v) is 10.1.